The first-order valence-electron chi connectivity index (χ1n) is 7.16. The van der Waals surface area contributed by atoms with E-state index < -0.39 is 12.8 Å². The molecule has 0 bridgehead atoms. The number of alkyl halides is 3. The van der Waals surface area contributed by atoms with Gasteiger partial charge in [-0.05, 0) is 23.8 Å². The average molecular weight is 351 g/mol. The summed E-state index contributed by atoms with van der Waals surface area (Å²) < 4.78 is 47.9. The minimum atomic E-state index is -4.41. The van der Waals surface area contributed by atoms with E-state index in [0.29, 0.717) is 11.1 Å². The summed E-state index contributed by atoms with van der Waals surface area (Å²) in [6.45, 7) is -1.22. The van der Waals surface area contributed by atoms with Crippen molar-refractivity contribution in [2.75, 3.05) is 6.61 Å². The van der Waals surface area contributed by atoms with E-state index in [1.807, 2.05) is 0 Å². The van der Waals surface area contributed by atoms with Crippen LogP contribution >= 0.6 is 0 Å². The van der Waals surface area contributed by atoms with Crippen LogP contribution in [0.25, 0.3) is 11.5 Å². The van der Waals surface area contributed by atoms with Crippen LogP contribution in [0.5, 0.6) is 5.75 Å². The van der Waals surface area contributed by atoms with Crippen molar-refractivity contribution in [3.05, 3.63) is 64.9 Å². The number of ether oxygens (including phenoxy) is 1. The van der Waals surface area contributed by atoms with E-state index >= 15 is 0 Å². The van der Waals surface area contributed by atoms with Crippen LogP contribution in [-0.2, 0) is 6.54 Å². The van der Waals surface area contributed by atoms with Crippen LogP contribution in [-0.4, -0.2) is 27.5 Å². The molecule has 0 unspecified atom stereocenters. The van der Waals surface area contributed by atoms with Gasteiger partial charge in [0, 0.05) is 12.3 Å². The van der Waals surface area contributed by atoms with Gasteiger partial charge in [0.05, 0.1) is 12.1 Å². The maximum atomic E-state index is 12.2. The van der Waals surface area contributed by atoms with Gasteiger partial charge in [0.15, 0.2) is 6.61 Å². The van der Waals surface area contributed by atoms with Crippen molar-refractivity contribution in [2.45, 2.75) is 12.7 Å². The lowest BCUT2D eigenvalue weighted by atomic mass is 10.2. The Hall–Kier alpha value is -3.10. The predicted octanol–water partition coefficient (Wildman–Crippen LogP) is 2.89. The molecule has 0 amide bonds. The third-order valence-electron chi connectivity index (χ3n) is 3.24. The number of halogens is 3. The summed E-state index contributed by atoms with van der Waals surface area (Å²) in [5.74, 6) is 0.340. The van der Waals surface area contributed by atoms with Crippen molar-refractivity contribution in [3.63, 3.8) is 0 Å². The number of aromatic nitrogens is 3. The molecule has 0 aliphatic rings. The molecule has 9 heteroatoms. The third kappa shape index (κ3) is 4.46. The molecule has 0 aliphatic heterocycles. The van der Waals surface area contributed by atoms with Gasteiger partial charge in [0.2, 0.25) is 12.3 Å². The lowest BCUT2D eigenvalue weighted by Gasteiger charge is -2.11. The first-order valence-corrected chi connectivity index (χ1v) is 7.16. The molecule has 0 saturated carbocycles. The molecule has 1 aromatic carbocycles. The molecule has 0 fully saturated rings. The molecular weight excluding hydrogens is 339 g/mol. The second-order valence-corrected chi connectivity index (χ2v) is 5.18. The van der Waals surface area contributed by atoms with Crippen molar-refractivity contribution in [3.8, 4) is 17.2 Å². The van der Waals surface area contributed by atoms with Crippen LogP contribution in [0, 0.1) is 0 Å². The molecule has 0 N–H and O–H groups in total. The van der Waals surface area contributed by atoms with Crippen LogP contribution in [0.4, 0.5) is 13.2 Å². The maximum absolute atomic E-state index is 12.2. The smallest absolute Gasteiger partial charge is 0.422 e. The Morgan fingerprint density at radius 2 is 2.04 bits per heavy atom. The predicted molar refractivity (Wildman–Crippen MR) is 81.1 cm³/mol. The number of hydrogen-bond acceptors (Lipinski definition) is 5. The Morgan fingerprint density at radius 1 is 1.20 bits per heavy atom. The number of nitrogens with zero attached hydrogens (tertiary/aromatic N) is 3. The summed E-state index contributed by atoms with van der Waals surface area (Å²) in [6.07, 6.45) is -1.70. The number of benzene rings is 1. The van der Waals surface area contributed by atoms with E-state index in [0.717, 1.165) is 0 Å². The fourth-order valence-corrected chi connectivity index (χ4v) is 2.18. The van der Waals surface area contributed by atoms with Gasteiger partial charge in [0.1, 0.15) is 5.75 Å². The maximum Gasteiger partial charge on any atom is 0.422 e. The molecular formula is C16H12F3N3O3. The lowest BCUT2D eigenvalue weighted by Crippen LogP contribution is -2.20. The summed E-state index contributed by atoms with van der Waals surface area (Å²) in [4.78, 5) is 12.0. The Bertz CT molecular complexity index is 905. The van der Waals surface area contributed by atoms with Crippen LogP contribution < -0.4 is 10.3 Å². The minimum absolute atomic E-state index is 0.0796. The summed E-state index contributed by atoms with van der Waals surface area (Å²) in [6, 6.07) is 9.03. The summed E-state index contributed by atoms with van der Waals surface area (Å²) in [5.41, 5.74) is 0.899. The third-order valence-corrected chi connectivity index (χ3v) is 3.24. The van der Waals surface area contributed by atoms with E-state index in [2.05, 4.69) is 10.2 Å². The molecule has 2 heterocycles. The fraction of sp³-hybridized carbons (Fsp3) is 0.188. The van der Waals surface area contributed by atoms with E-state index in [1.165, 1.54) is 29.2 Å². The minimum Gasteiger partial charge on any atom is -0.484 e. The van der Waals surface area contributed by atoms with E-state index in [1.54, 1.807) is 24.4 Å². The van der Waals surface area contributed by atoms with Crippen LogP contribution in [0.1, 0.15) is 5.56 Å². The molecule has 0 saturated heterocycles. The van der Waals surface area contributed by atoms with Gasteiger partial charge in [-0.15, -0.1) is 10.2 Å². The normalized spacial score (nSPS) is 11.5. The standard InChI is InChI=1S/C16H12F3N3O3/c17-16(18,19)9-24-13-3-1-2-11(6-13)7-22-8-12(4-5-14(22)23)15-21-20-10-25-15/h1-6,8,10H,7,9H2. The average Bonchev–Trinajstić information content (AvgIpc) is 3.09. The van der Waals surface area contributed by atoms with Gasteiger partial charge < -0.3 is 13.7 Å². The molecule has 25 heavy (non-hydrogen) atoms. The van der Waals surface area contributed by atoms with Crippen molar-refractivity contribution in [1.82, 2.24) is 14.8 Å². The van der Waals surface area contributed by atoms with Gasteiger partial charge in [-0.1, -0.05) is 12.1 Å². The second kappa shape index (κ2) is 6.80. The molecule has 0 radical (unpaired) electrons. The van der Waals surface area contributed by atoms with E-state index in [-0.39, 0.29) is 23.7 Å². The van der Waals surface area contributed by atoms with Crippen molar-refractivity contribution in [2.24, 2.45) is 0 Å². The zero-order valence-electron chi connectivity index (χ0n) is 12.7. The van der Waals surface area contributed by atoms with Crippen LogP contribution in [0.3, 0.4) is 0 Å². The molecule has 3 aromatic rings. The van der Waals surface area contributed by atoms with Gasteiger partial charge in [-0.2, -0.15) is 13.2 Å². The highest BCUT2D eigenvalue weighted by atomic mass is 19.4. The topological polar surface area (TPSA) is 70.2 Å². The molecule has 0 aliphatic carbocycles. The fourth-order valence-electron chi connectivity index (χ4n) is 2.18. The Morgan fingerprint density at radius 3 is 2.76 bits per heavy atom. The van der Waals surface area contributed by atoms with Crippen molar-refractivity contribution in [1.29, 1.82) is 0 Å². The second-order valence-electron chi connectivity index (χ2n) is 5.18. The van der Waals surface area contributed by atoms with Crippen LogP contribution in [0.15, 0.2) is 58.2 Å². The Kier molecular flexibility index (Phi) is 4.55. The van der Waals surface area contributed by atoms with Gasteiger partial charge in [0.25, 0.3) is 5.56 Å². The quantitative estimate of drug-likeness (QED) is 0.707. The Labute approximate surface area is 139 Å². The van der Waals surface area contributed by atoms with Crippen molar-refractivity contribution < 1.29 is 22.3 Å². The number of hydrogen-bond donors (Lipinski definition) is 0. The summed E-state index contributed by atoms with van der Waals surface area (Å²) in [5, 5.41) is 7.34. The van der Waals surface area contributed by atoms with E-state index in [4.69, 9.17) is 9.15 Å². The molecule has 130 valence electrons. The lowest BCUT2D eigenvalue weighted by molar-refractivity contribution is -0.153. The first kappa shape index (κ1) is 16.7. The summed E-state index contributed by atoms with van der Waals surface area (Å²) in [7, 11) is 0. The zero-order valence-corrected chi connectivity index (χ0v) is 12.7. The number of pyridine rings is 1. The van der Waals surface area contributed by atoms with E-state index in [9.17, 15) is 18.0 Å². The van der Waals surface area contributed by atoms with Crippen molar-refractivity contribution >= 4 is 0 Å². The van der Waals surface area contributed by atoms with Gasteiger partial charge in [-0.25, -0.2) is 0 Å². The molecule has 6 nitrogen and oxygen atoms in total. The molecule has 0 atom stereocenters. The highest BCUT2D eigenvalue weighted by Gasteiger charge is 2.28. The first-order chi connectivity index (χ1) is 11.9. The monoisotopic (exact) mass is 351 g/mol. The zero-order chi connectivity index (χ0) is 17.9. The highest BCUT2D eigenvalue weighted by molar-refractivity contribution is 5.50. The molecule has 0 spiro atoms. The summed E-state index contributed by atoms with van der Waals surface area (Å²) >= 11 is 0. The Balaban J connectivity index is 1.80. The SMILES string of the molecule is O=c1ccc(-c2nnco2)cn1Cc1cccc(OCC(F)(F)F)c1. The largest absolute Gasteiger partial charge is 0.484 e. The van der Waals surface area contributed by atoms with Gasteiger partial charge >= 0.3 is 6.18 Å². The van der Waals surface area contributed by atoms with Gasteiger partial charge in [-0.3, -0.25) is 4.79 Å². The number of rotatable bonds is 5. The highest BCUT2D eigenvalue weighted by Crippen LogP contribution is 2.20. The van der Waals surface area contributed by atoms with Crippen LogP contribution in [0.2, 0.25) is 0 Å². The molecule has 3 rings (SSSR count). The molecule has 2 aromatic heterocycles.